The molecule has 0 fully saturated rings. The molecule has 0 aliphatic carbocycles. The fraction of sp³-hybridized carbons (Fsp3) is 0.364. The van der Waals surface area contributed by atoms with Crippen molar-refractivity contribution in [3.05, 3.63) is 59.9 Å². The van der Waals surface area contributed by atoms with E-state index in [2.05, 4.69) is 5.32 Å². The van der Waals surface area contributed by atoms with Crippen molar-refractivity contribution in [2.24, 2.45) is 0 Å². The number of nitrogens with zero attached hydrogens (tertiary/aromatic N) is 1. The van der Waals surface area contributed by atoms with Crippen LogP contribution in [-0.2, 0) is 16.1 Å². The van der Waals surface area contributed by atoms with Gasteiger partial charge in [-0.2, -0.15) is 0 Å². The molecule has 0 saturated heterocycles. The highest BCUT2D eigenvalue weighted by atomic mass is 19.1. The standard InChI is InChI=1S/C22H27FN2O4/c1-15(2)24-22(27)16(3)25(13-17-6-5-7-20(12-17)28-4)21(26)14-29-19-10-8-18(23)9-11-19/h5-12,15-16H,13-14H2,1-4H3,(H,24,27)/t16-/m1/s1. The van der Waals surface area contributed by atoms with Gasteiger partial charge in [0.1, 0.15) is 23.4 Å². The van der Waals surface area contributed by atoms with Gasteiger partial charge in [-0.1, -0.05) is 12.1 Å². The van der Waals surface area contributed by atoms with E-state index >= 15 is 0 Å². The fourth-order valence-electron chi connectivity index (χ4n) is 2.71. The number of halogens is 1. The summed E-state index contributed by atoms with van der Waals surface area (Å²) in [6.07, 6.45) is 0. The number of methoxy groups -OCH3 is 1. The number of benzene rings is 2. The van der Waals surface area contributed by atoms with E-state index in [1.54, 1.807) is 14.0 Å². The Morgan fingerprint density at radius 2 is 1.76 bits per heavy atom. The highest BCUT2D eigenvalue weighted by molar-refractivity contribution is 5.88. The Labute approximate surface area is 170 Å². The average molecular weight is 402 g/mol. The van der Waals surface area contributed by atoms with E-state index in [0.717, 1.165) is 5.56 Å². The van der Waals surface area contributed by atoms with Gasteiger partial charge in [0.15, 0.2) is 6.61 Å². The number of hydrogen-bond donors (Lipinski definition) is 1. The monoisotopic (exact) mass is 402 g/mol. The maximum absolute atomic E-state index is 13.0. The zero-order valence-corrected chi connectivity index (χ0v) is 17.1. The van der Waals surface area contributed by atoms with E-state index in [1.165, 1.54) is 29.2 Å². The van der Waals surface area contributed by atoms with Gasteiger partial charge in [0.2, 0.25) is 5.91 Å². The van der Waals surface area contributed by atoms with E-state index < -0.39 is 6.04 Å². The van der Waals surface area contributed by atoms with Gasteiger partial charge in [-0.05, 0) is 62.7 Å². The van der Waals surface area contributed by atoms with Crippen LogP contribution in [0.2, 0.25) is 0 Å². The predicted molar refractivity (Wildman–Crippen MR) is 108 cm³/mol. The van der Waals surface area contributed by atoms with Crippen LogP contribution >= 0.6 is 0 Å². The van der Waals surface area contributed by atoms with Crippen molar-refractivity contribution in [3.63, 3.8) is 0 Å². The first-order valence-corrected chi connectivity index (χ1v) is 9.41. The summed E-state index contributed by atoms with van der Waals surface area (Å²) in [5, 5.41) is 2.83. The molecule has 1 N–H and O–H groups in total. The van der Waals surface area contributed by atoms with Gasteiger partial charge in [-0.25, -0.2) is 4.39 Å². The topological polar surface area (TPSA) is 67.9 Å². The van der Waals surface area contributed by atoms with E-state index in [-0.39, 0.29) is 36.8 Å². The van der Waals surface area contributed by atoms with E-state index in [0.29, 0.717) is 11.5 Å². The number of carbonyl (C=O) groups excluding carboxylic acids is 2. The summed E-state index contributed by atoms with van der Waals surface area (Å²) in [5.41, 5.74) is 0.823. The number of hydrogen-bond acceptors (Lipinski definition) is 4. The normalized spacial score (nSPS) is 11.7. The van der Waals surface area contributed by atoms with Gasteiger partial charge in [-0.3, -0.25) is 9.59 Å². The number of amides is 2. The van der Waals surface area contributed by atoms with Crippen LogP contribution in [0.1, 0.15) is 26.3 Å². The molecule has 2 aromatic rings. The number of nitrogens with one attached hydrogen (secondary N) is 1. The van der Waals surface area contributed by atoms with Gasteiger partial charge in [-0.15, -0.1) is 0 Å². The quantitative estimate of drug-likeness (QED) is 0.700. The number of carbonyl (C=O) groups is 2. The van der Waals surface area contributed by atoms with Crippen LogP contribution in [0.5, 0.6) is 11.5 Å². The molecular formula is C22H27FN2O4. The molecule has 2 rings (SSSR count). The van der Waals surface area contributed by atoms with Crippen LogP contribution in [-0.4, -0.2) is 42.5 Å². The molecule has 0 radical (unpaired) electrons. The Bertz CT molecular complexity index is 824. The molecule has 0 bridgehead atoms. The van der Waals surface area contributed by atoms with Crippen molar-refractivity contribution in [3.8, 4) is 11.5 Å². The summed E-state index contributed by atoms with van der Waals surface area (Å²) in [6, 6.07) is 12.0. The zero-order valence-electron chi connectivity index (χ0n) is 17.1. The molecule has 2 aromatic carbocycles. The first-order chi connectivity index (χ1) is 13.8. The molecule has 0 unspecified atom stereocenters. The highest BCUT2D eigenvalue weighted by Gasteiger charge is 2.27. The summed E-state index contributed by atoms with van der Waals surface area (Å²) in [7, 11) is 1.57. The second kappa shape index (κ2) is 10.5. The van der Waals surface area contributed by atoms with Crippen molar-refractivity contribution in [2.45, 2.75) is 39.4 Å². The molecular weight excluding hydrogens is 375 g/mol. The molecule has 0 aromatic heterocycles. The SMILES string of the molecule is COc1cccc(CN(C(=O)COc2ccc(F)cc2)[C@H](C)C(=O)NC(C)C)c1. The maximum Gasteiger partial charge on any atom is 0.261 e. The summed E-state index contributed by atoms with van der Waals surface area (Å²) < 4.78 is 23.7. The van der Waals surface area contributed by atoms with Crippen LogP contribution in [0.4, 0.5) is 4.39 Å². The first-order valence-electron chi connectivity index (χ1n) is 9.41. The van der Waals surface area contributed by atoms with Gasteiger partial charge in [0.05, 0.1) is 7.11 Å². The van der Waals surface area contributed by atoms with Crippen molar-refractivity contribution < 1.29 is 23.5 Å². The summed E-state index contributed by atoms with van der Waals surface area (Å²) >= 11 is 0. The second-order valence-corrected chi connectivity index (χ2v) is 6.96. The predicted octanol–water partition coefficient (Wildman–Crippen LogP) is 3.16. The first kappa shape index (κ1) is 22.2. The lowest BCUT2D eigenvalue weighted by molar-refractivity contribution is -0.142. The Hall–Kier alpha value is -3.09. The van der Waals surface area contributed by atoms with Crippen molar-refractivity contribution in [1.82, 2.24) is 10.2 Å². The Morgan fingerprint density at radius 1 is 1.07 bits per heavy atom. The molecule has 1 atom stereocenters. The summed E-state index contributed by atoms with van der Waals surface area (Å²) in [5.74, 6) is 0.0426. The fourth-order valence-corrected chi connectivity index (χ4v) is 2.71. The highest BCUT2D eigenvalue weighted by Crippen LogP contribution is 2.17. The van der Waals surface area contributed by atoms with Crippen molar-refractivity contribution >= 4 is 11.8 Å². The van der Waals surface area contributed by atoms with E-state index in [1.807, 2.05) is 38.1 Å². The molecule has 29 heavy (non-hydrogen) atoms. The third-order valence-electron chi connectivity index (χ3n) is 4.26. The zero-order chi connectivity index (χ0) is 21.4. The molecule has 2 amide bonds. The summed E-state index contributed by atoms with van der Waals surface area (Å²) in [6.45, 7) is 5.34. The lowest BCUT2D eigenvalue weighted by Gasteiger charge is -2.29. The number of ether oxygens (including phenoxy) is 2. The van der Waals surface area contributed by atoms with Gasteiger partial charge in [0.25, 0.3) is 5.91 Å². The lowest BCUT2D eigenvalue weighted by Crippen LogP contribution is -2.50. The van der Waals surface area contributed by atoms with Crippen molar-refractivity contribution in [2.75, 3.05) is 13.7 Å². The summed E-state index contributed by atoms with van der Waals surface area (Å²) in [4.78, 5) is 26.9. The second-order valence-electron chi connectivity index (χ2n) is 6.96. The molecule has 0 saturated carbocycles. The minimum atomic E-state index is -0.701. The molecule has 0 aliphatic heterocycles. The van der Waals surface area contributed by atoms with Gasteiger partial charge >= 0.3 is 0 Å². The minimum absolute atomic E-state index is 0.0470. The molecule has 7 heteroatoms. The molecule has 156 valence electrons. The molecule has 0 spiro atoms. The third kappa shape index (κ3) is 6.78. The Kier molecular flexibility index (Phi) is 8.00. The average Bonchev–Trinajstić information content (AvgIpc) is 2.70. The Balaban J connectivity index is 2.16. The van der Waals surface area contributed by atoms with Crippen LogP contribution in [0.3, 0.4) is 0 Å². The number of rotatable bonds is 9. The largest absolute Gasteiger partial charge is 0.497 e. The van der Waals surface area contributed by atoms with E-state index in [9.17, 15) is 14.0 Å². The lowest BCUT2D eigenvalue weighted by atomic mass is 10.1. The maximum atomic E-state index is 13.0. The minimum Gasteiger partial charge on any atom is -0.497 e. The Morgan fingerprint density at radius 3 is 2.38 bits per heavy atom. The van der Waals surface area contributed by atoms with Crippen LogP contribution in [0, 0.1) is 5.82 Å². The van der Waals surface area contributed by atoms with E-state index in [4.69, 9.17) is 9.47 Å². The van der Waals surface area contributed by atoms with Crippen LogP contribution < -0.4 is 14.8 Å². The molecule has 6 nitrogen and oxygen atoms in total. The smallest absolute Gasteiger partial charge is 0.261 e. The molecule has 0 aliphatic rings. The van der Waals surface area contributed by atoms with Gasteiger partial charge in [0, 0.05) is 12.6 Å². The third-order valence-corrected chi connectivity index (χ3v) is 4.26. The van der Waals surface area contributed by atoms with Crippen LogP contribution in [0.25, 0.3) is 0 Å². The molecule has 0 heterocycles. The van der Waals surface area contributed by atoms with Crippen molar-refractivity contribution in [1.29, 1.82) is 0 Å². The van der Waals surface area contributed by atoms with Gasteiger partial charge < -0.3 is 19.7 Å². The van der Waals surface area contributed by atoms with Crippen LogP contribution in [0.15, 0.2) is 48.5 Å².